The molecule has 1 unspecified atom stereocenters. The van der Waals surface area contributed by atoms with Gasteiger partial charge in [0, 0.05) is 49.6 Å². The smallest absolute Gasteiger partial charge is 0.0947 e. The summed E-state index contributed by atoms with van der Waals surface area (Å²) < 4.78 is 0. The van der Waals surface area contributed by atoms with Crippen LogP contribution in [0.3, 0.4) is 0 Å². The van der Waals surface area contributed by atoms with Gasteiger partial charge in [-0.05, 0) is 20.5 Å². The number of rotatable bonds is 6. The van der Waals surface area contributed by atoms with E-state index in [4.69, 9.17) is 4.98 Å². The minimum atomic E-state index is 0.526. The van der Waals surface area contributed by atoms with Crippen molar-refractivity contribution in [2.75, 3.05) is 33.7 Å². The lowest BCUT2D eigenvalue weighted by Gasteiger charge is -2.37. The molecule has 0 amide bonds. The van der Waals surface area contributed by atoms with Crippen LogP contribution in [0, 0.1) is 0 Å². The standard InChI is InChI=1S/C16H30N4S/c1-6-14-15(10-17-12(2)3)21-16(18-14)9-13-11-19(4)7-8-20(13)5/h12-13,17H,6-11H2,1-5H3. The Morgan fingerprint density at radius 2 is 2.10 bits per heavy atom. The van der Waals surface area contributed by atoms with Gasteiger partial charge >= 0.3 is 0 Å². The average Bonchev–Trinajstić information content (AvgIpc) is 2.82. The minimum Gasteiger partial charge on any atom is -0.310 e. The van der Waals surface area contributed by atoms with Crippen LogP contribution in [0.25, 0.3) is 0 Å². The SMILES string of the molecule is CCc1nc(CC2CN(C)CCN2C)sc1CNC(C)C. The first-order valence-corrected chi connectivity index (χ1v) is 8.90. The first kappa shape index (κ1) is 16.9. The van der Waals surface area contributed by atoms with Gasteiger partial charge in [-0.3, -0.25) is 0 Å². The maximum Gasteiger partial charge on any atom is 0.0947 e. The Bertz CT molecular complexity index is 443. The number of hydrogen-bond donors (Lipinski definition) is 1. The van der Waals surface area contributed by atoms with Crippen molar-refractivity contribution in [3.05, 3.63) is 15.6 Å². The summed E-state index contributed by atoms with van der Waals surface area (Å²) in [7, 11) is 4.46. The van der Waals surface area contributed by atoms with Gasteiger partial charge in [0.2, 0.25) is 0 Å². The fourth-order valence-electron chi connectivity index (χ4n) is 2.76. The molecular formula is C16H30N4S. The van der Waals surface area contributed by atoms with Gasteiger partial charge in [-0.2, -0.15) is 0 Å². The molecule has 4 nitrogen and oxygen atoms in total. The molecule has 5 heteroatoms. The van der Waals surface area contributed by atoms with E-state index in [0.717, 1.165) is 32.5 Å². The van der Waals surface area contributed by atoms with Crippen LogP contribution < -0.4 is 5.32 Å². The summed E-state index contributed by atoms with van der Waals surface area (Å²) in [6.45, 7) is 11.0. The van der Waals surface area contributed by atoms with Gasteiger partial charge in [0.15, 0.2) is 0 Å². The lowest BCUT2D eigenvalue weighted by atomic mass is 10.1. The van der Waals surface area contributed by atoms with Gasteiger partial charge in [-0.1, -0.05) is 20.8 Å². The van der Waals surface area contributed by atoms with Crippen LogP contribution in [0.1, 0.15) is 36.3 Å². The number of thiazole rings is 1. The number of nitrogens with one attached hydrogen (secondary N) is 1. The Kier molecular flexibility index (Phi) is 6.17. The van der Waals surface area contributed by atoms with E-state index in [2.05, 4.69) is 50.0 Å². The second-order valence-electron chi connectivity index (χ2n) is 6.47. The Hall–Kier alpha value is -0.490. The molecular weight excluding hydrogens is 280 g/mol. The maximum absolute atomic E-state index is 4.89. The predicted molar refractivity (Wildman–Crippen MR) is 91.1 cm³/mol. The molecule has 120 valence electrons. The normalized spacial score (nSPS) is 21.3. The monoisotopic (exact) mass is 310 g/mol. The van der Waals surface area contributed by atoms with E-state index in [1.165, 1.54) is 22.1 Å². The lowest BCUT2D eigenvalue weighted by molar-refractivity contribution is 0.114. The molecule has 1 aliphatic heterocycles. The lowest BCUT2D eigenvalue weighted by Crippen LogP contribution is -2.50. The fourth-order valence-corrected chi connectivity index (χ4v) is 3.94. The molecule has 1 aromatic heterocycles. The number of hydrogen-bond acceptors (Lipinski definition) is 5. The second-order valence-corrected chi connectivity index (χ2v) is 7.64. The molecule has 1 aliphatic rings. The van der Waals surface area contributed by atoms with Crippen molar-refractivity contribution in [1.29, 1.82) is 0 Å². The highest BCUT2D eigenvalue weighted by Crippen LogP contribution is 2.22. The molecule has 0 bridgehead atoms. The van der Waals surface area contributed by atoms with E-state index < -0.39 is 0 Å². The quantitative estimate of drug-likeness (QED) is 0.871. The number of piperazine rings is 1. The van der Waals surface area contributed by atoms with Gasteiger partial charge < -0.3 is 15.1 Å². The number of likely N-dealkylation sites (N-methyl/N-ethyl adjacent to an activating group) is 2. The summed E-state index contributed by atoms with van der Waals surface area (Å²) in [4.78, 5) is 11.2. The topological polar surface area (TPSA) is 31.4 Å². The van der Waals surface area contributed by atoms with E-state index in [-0.39, 0.29) is 0 Å². The highest BCUT2D eigenvalue weighted by molar-refractivity contribution is 7.11. The van der Waals surface area contributed by atoms with Crippen molar-refractivity contribution in [1.82, 2.24) is 20.1 Å². The third kappa shape index (κ3) is 4.74. The van der Waals surface area contributed by atoms with E-state index in [1.54, 1.807) is 0 Å². The highest BCUT2D eigenvalue weighted by Gasteiger charge is 2.24. The van der Waals surface area contributed by atoms with E-state index in [1.807, 2.05) is 11.3 Å². The third-order valence-corrected chi connectivity index (χ3v) is 5.34. The molecule has 1 N–H and O–H groups in total. The molecule has 0 radical (unpaired) electrons. The molecule has 1 saturated heterocycles. The molecule has 21 heavy (non-hydrogen) atoms. The van der Waals surface area contributed by atoms with Crippen molar-refractivity contribution >= 4 is 11.3 Å². The van der Waals surface area contributed by atoms with Gasteiger partial charge in [0.1, 0.15) is 0 Å². The van der Waals surface area contributed by atoms with Crippen molar-refractivity contribution in [3.63, 3.8) is 0 Å². The molecule has 0 aromatic carbocycles. The summed E-state index contributed by atoms with van der Waals surface area (Å²) in [6.07, 6.45) is 2.12. The highest BCUT2D eigenvalue weighted by atomic mass is 32.1. The first-order chi connectivity index (χ1) is 9.99. The van der Waals surface area contributed by atoms with E-state index in [0.29, 0.717) is 12.1 Å². The summed E-state index contributed by atoms with van der Waals surface area (Å²) in [5.74, 6) is 0. The molecule has 0 aliphatic carbocycles. The molecule has 2 rings (SSSR count). The van der Waals surface area contributed by atoms with Crippen molar-refractivity contribution in [2.24, 2.45) is 0 Å². The van der Waals surface area contributed by atoms with Crippen LogP contribution in [0.4, 0.5) is 0 Å². The molecule has 2 heterocycles. The average molecular weight is 311 g/mol. The van der Waals surface area contributed by atoms with Gasteiger partial charge in [0.25, 0.3) is 0 Å². The minimum absolute atomic E-state index is 0.526. The summed E-state index contributed by atoms with van der Waals surface area (Å²) >= 11 is 1.90. The van der Waals surface area contributed by atoms with Crippen LogP contribution in [-0.2, 0) is 19.4 Å². The number of aryl methyl sites for hydroxylation is 1. The van der Waals surface area contributed by atoms with Crippen molar-refractivity contribution in [3.8, 4) is 0 Å². The van der Waals surface area contributed by atoms with Crippen LogP contribution >= 0.6 is 11.3 Å². The van der Waals surface area contributed by atoms with Crippen LogP contribution in [0.2, 0.25) is 0 Å². The Balaban J connectivity index is 2.02. The Morgan fingerprint density at radius 1 is 1.33 bits per heavy atom. The van der Waals surface area contributed by atoms with E-state index in [9.17, 15) is 0 Å². The number of nitrogens with zero attached hydrogens (tertiary/aromatic N) is 3. The Morgan fingerprint density at radius 3 is 2.76 bits per heavy atom. The van der Waals surface area contributed by atoms with Gasteiger partial charge in [0.05, 0.1) is 10.7 Å². The fraction of sp³-hybridized carbons (Fsp3) is 0.812. The second kappa shape index (κ2) is 7.68. The summed E-state index contributed by atoms with van der Waals surface area (Å²) in [5, 5.41) is 4.83. The zero-order chi connectivity index (χ0) is 15.4. The van der Waals surface area contributed by atoms with Crippen molar-refractivity contribution in [2.45, 2.75) is 52.2 Å². The Labute approximate surface area is 133 Å². The van der Waals surface area contributed by atoms with Crippen LogP contribution in [0.5, 0.6) is 0 Å². The van der Waals surface area contributed by atoms with Crippen LogP contribution in [0.15, 0.2) is 0 Å². The molecule has 0 saturated carbocycles. The van der Waals surface area contributed by atoms with Crippen LogP contribution in [-0.4, -0.2) is 60.6 Å². The van der Waals surface area contributed by atoms with Gasteiger partial charge in [-0.15, -0.1) is 11.3 Å². The van der Waals surface area contributed by atoms with E-state index >= 15 is 0 Å². The molecule has 1 fully saturated rings. The maximum atomic E-state index is 4.89. The summed E-state index contributed by atoms with van der Waals surface area (Å²) in [5.41, 5.74) is 1.29. The predicted octanol–water partition coefficient (Wildman–Crippen LogP) is 1.99. The number of aromatic nitrogens is 1. The van der Waals surface area contributed by atoms with Crippen molar-refractivity contribution < 1.29 is 0 Å². The third-order valence-electron chi connectivity index (χ3n) is 4.22. The first-order valence-electron chi connectivity index (χ1n) is 8.09. The molecule has 1 atom stereocenters. The summed E-state index contributed by atoms with van der Waals surface area (Å²) in [6, 6.07) is 1.13. The zero-order valence-corrected chi connectivity index (χ0v) is 15.0. The molecule has 0 spiro atoms. The largest absolute Gasteiger partial charge is 0.310 e. The zero-order valence-electron chi connectivity index (χ0n) is 14.1. The van der Waals surface area contributed by atoms with Gasteiger partial charge in [-0.25, -0.2) is 4.98 Å². The molecule has 1 aromatic rings.